The van der Waals surface area contributed by atoms with Crippen molar-refractivity contribution in [2.24, 2.45) is 0 Å². The highest BCUT2D eigenvalue weighted by Gasteiger charge is 2.21. The zero-order chi connectivity index (χ0) is 24.9. The number of aryl methyl sites for hydroxylation is 2. The molecule has 0 aliphatic heterocycles. The fraction of sp³-hybridized carbons (Fsp3) is 0.208. The summed E-state index contributed by atoms with van der Waals surface area (Å²) in [4.78, 5) is 28.8. The first-order chi connectivity index (χ1) is 16.2. The molecule has 0 aliphatic rings. The summed E-state index contributed by atoms with van der Waals surface area (Å²) in [5.74, 6) is -0.695. The van der Waals surface area contributed by atoms with Crippen LogP contribution in [-0.4, -0.2) is 39.0 Å². The fourth-order valence-electron chi connectivity index (χ4n) is 3.20. The first-order valence-corrected chi connectivity index (χ1v) is 11.9. The van der Waals surface area contributed by atoms with Gasteiger partial charge in [0.25, 0.3) is 15.9 Å². The second-order valence-electron chi connectivity index (χ2n) is 7.29. The van der Waals surface area contributed by atoms with E-state index in [1.807, 2.05) is 0 Å². The van der Waals surface area contributed by atoms with Crippen LogP contribution < -0.4 is 14.8 Å². The highest BCUT2D eigenvalue weighted by molar-refractivity contribution is 7.92. The number of anilines is 2. The molecule has 0 radical (unpaired) electrons. The van der Waals surface area contributed by atoms with Gasteiger partial charge in [0, 0.05) is 5.69 Å². The van der Waals surface area contributed by atoms with E-state index in [-0.39, 0.29) is 28.4 Å². The number of nitrogens with zero attached hydrogens (tertiary/aromatic N) is 1. The van der Waals surface area contributed by atoms with Crippen molar-refractivity contribution in [3.63, 3.8) is 0 Å². The van der Waals surface area contributed by atoms with E-state index in [9.17, 15) is 18.0 Å². The van der Waals surface area contributed by atoms with Gasteiger partial charge in [0.05, 0.1) is 35.6 Å². The number of sulfonamides is 1. The summed E-state index contributed by atoms with van der Waals surface area (Å²) in [6.45, 7) is 5.18. The Kier molecular flexibility index (Phi) is 7.52. The van der Waals surface area contributed by atoms with E-state index in [0.29, 0.717) is 22.7 Å². The molecule has 0 saturated heterocycles. The molecule has 0 spiro atoms. The molecular weight excluding hydrogens is 458 g/mol. The molecule has 0 unspecified atom stereocenters. The molecule has 0 saturated carbocycles. The van der Waals surface area contributed by atoms with Crippen molar-refractivity contribution in [2.45, 2.75) is 25.7 Å². The average Bonchev–Trinajstić information content (AvgIpc) is 2.80. The predicted octanol–water partition coefficient (Wildman–Crippen LogP) is 3.94. The molecule has 34 heavy (non-hydrogen) atoms. The van der Waals surface area contributed by atoms with Crippen molar-refractivity contribution in [3.8, 4) is 5.75 Å². The highest BCUT2D eigenvalue weighted by Crippen LogP contribution is 2.28. The fourth-order valence-corrected chi connectivity index (χ4v) is 4.55. The molecule has 1 heterocycles. The number of nitrogens with one attached hydrogen (secondary N) is 2. The zero-order valence-corrected chi connectivity index (χ0v) is 20.0. The zero-order valence-electron chi connectivity index (χ0n) is 19.2. The van der Waals surface area contributed by atoms with Crippen LogP contribution in [0.5, 0.6) is 5.75 Å². The van der Waals surface area contributed by atoms with Crippen LogP contribution in [0.4, 0.5) is 11.4 Å². The number of methoxy groups -OCH3 is 1. The van der Waals surface area contributed by atoms with Crippen LogP contribution >= 0.6 is 0 Å². The maximum Gasteiger partial charge on any atom is 0.339 e. The summed E-state index contributed by atoms with van der Waals surface area (Å²) in [6.07, 6.45) is 0. The van der Waals surface area contributed by atoms with Crippen molar-refractivity contribution in [1.29, 1.82) is 0 Å². The largest absolute Gasteiger partial charge is 0.495 e. The minimum Gasteiger partial charge on any atom is -0.495 e. The molecule has 0 atom stereocenters. The third-order valence-corrected chi connectivity index (χ3v) is 6.41. The smallest absolute Gasteiger partial charge is 0.339 e. The molecule has 178 valence electrons. The van der Waals surface area contributed by atoms with Gasteiger partial charge in [-0.15, -0.1) is 0 Å². The van der Waals surface area contributed by atoms with Gasteiger partial charge < -0.3 is 14.8 Å². The number of amides is 1. The van der Waals surface area contributed by atoms with Crippen LogP contribution in [0.25, 0.3) is 0 Å². The summed E-state index contributed by atoms with van der Waals surface area (Å²) in [6, 6.07) is 14.1. The van der Waals surface area contributed by atoms with Gasteiger partial charge in [-0.3, -0.25) is 9.52 Å². The Bertz CT molecular complexity index is 1340. The number of ether oxygens (including phenoxy) is 2. The van der Waals surface area contributed by atoms with E-state index in [4.69, 9.17) is 9.47 Å². The normalized spacial score (nSPS) is 10.9. The van der Waals surface area contributed by atoms with Crippen LogP contribution in [0.1, 0.15) is 39.0 Å². The van der Waals surface area contributed by atoms with E-state index >= 15 is 0 Å². The Labute approximate surface area is 198 Å². The molecule has 3 rings (SSSR count). The molecule has 3 aromatic rings. The van der Waals surface area contributed by atoms with Gasteiger partial charge in [0.15, 0.2) is 0 Å². The van der Waals surface area contributed by atoms with Gasteiger partial charge in [0.2, 0.25) is 0 Å². The van der Waals surface area contributed by atoms with E-state index in [1.165, 1.54) is 25.3 Å². The van der Waals surface area contributed by atoms with E-state index in [0.717, 1.165) is 0 Å². The number of hydrogen-bond donors (Lipinski definition) is 2. The minimum atomic E-state index is -3.98. The number of benzene rings is 2. The third-order valence-electron chi connectivity index (χ3n) is 4.90. The van der Waals surface area contributed by atoms with Crippen LogP contribution in [0.2, 0.25) is 0 Å². The van der Waals surface area contributed by atoms with Crippen molar-refractivity contribution >= 4 is 33.3 Å². The summed E-state index contributed by atoms with van der Waals surface area (Å²) in [5.41, 5.74) is 1.74. The van der Waals surface area contributed by atoms with Crippen LogP contribution in [0, 0.1) is 13.8 Å². The van der Waals surface area contributed by atoms with E-state index < -0.39 is 21.9 Å². The van der Waals surface area contributed by atoms with Crippen molar-refractivity contribution in [3.05, 3.63) is 77.1 Å². The Morgan fingerprint density at radius 1 is 1.03 bits per heavy atom. The average molecular weight is 484 g/mol. The molecule has 1 amide bonds. The molecule has 2 N–H and O–H groups in total. The first-order valence-electron chi connectivity index (χ1n) is 10.4. The molecular formula is C24H25N3O6S. The second-order valence-corrected chi connectivity index (χ2v) is 8.94. The van der Waals surface area contributed by atoms with Gasteiger partial charge in [0.1, 0.15) is 11.4 Å². The van der Waals surface area contributed by atoms with Gasteiger partial charge in [-0.2, -0.15) is 0 Å². The number of rotatable bonds is 8. The topological polar surface area (TPSA) is 124 Å². The number of para-hydroxylation sites is 2. The molecule has 10 heteroatoms. The Balaban J connectivity index is 1.84. The summed E-state index contributed by atoms with van der Waals surface area (Å²) in [7, 11) is -2.53. The summed E-state index contributed by atoms with van der Waals surface area (Å²) in [5, 5.41) is 2.65. The van der Waals surface area contributed by atoms with Crippen molar-refractivity contribution in [1.82, 2.24) is 4.98 Å². The van der Waals surface area contributed by atoms with E-state index in [1.54, 1.807) is 57.2 Å². The van der Waals surface area contributed by atoms with E-state index in [2.05, 4.69) is 15.0 Å². The molecule has 1 aromatic heterocycles. The lowest BCUT2D eigenvalue weighted by Gasteiger charge is -2.14. The Morgan fingerprint density at radius 2 is 1.76 bits per heavy atom. The molecule has 9 nitrogen and oxygen atoms in total. The van der Waals surface area contributed by atoms with Crippen molar-refractivity contribution < 1.29 is 27.5 Å². The monoisotopic (exact) mass is 483 g/mol. The SMILES string of the molecule is CCOC(=O)c1ccc(C(=O)Nc2ccc(C)c(S(=O)(=O)Nc3ccccc3OC)c2)nc1C. The Morgan fingerprint density at radius 3 is 2.44 bits per heavy atom. The van der Waals surface area contributed by atoms with Gasteiger partial charge in [-0.1, -0.05) is 18.2 Å². The number of carbonyl (C=O) groups is 2. The quantitative estimate of drug-likeness (QED) is 0.465. The van der Waals surface area contributed by atoms with Crippen LogP contribution in [0.15, 0.2) is 59.5 Å². The summed E-state index contributed by atoms with van der Waals surface area (Å²) < 4.78 is 38.8. The number of esters is 1. The Hall–Kier alpha value is -3.92. The number of aromatic nitrogens is 1. The number of pyridine rings is 1. The summed E-state index contributed by atoms with van der Waals surface area (Å²) >= 11 is 0. The number of hydrogen-bond acceptors (Lipinski definition) is 7. The maximum atomic E-state index is 13.1. The lowest BCUT2D eigenvalue weighted by Crippen LogP contribution is -2.18. The predicted molar refractivity (Wildman–Crippen MR) is 128 cm³/mol. The number of carbonyl (C=O) groups excluding carboxylic acids is 2. The molecule has 2 aromatic carbocycles. The minimum absolute atomic E-state index is 0.00185. The highest BCUT2D eigenvalue weighted by atomic mass is 32.2. The second kappa shape index (κ2) is 10.3. The first kappa shape index (κ1) is 24.7. The van der Waals surface area contributed by atoms with Crippen LogP contribution in [-0.2, 0) is 14.8 Å². The lowest BCUT2D eigenvalue weighted by atomic mass is 10.1. The van der Waals surface area contributed by atoms with Gasteiger partial charge in [-0.25, -0.2) is 18.2 Å². The maximum absolute atomic E-state index is 13.1. The third kappa shape index (κ3) is 5.52. The standard InChI is InChI=1S/C24H25N3O6S/c1-5-33-24(29)18-12-13-20(25-16(18)3)23(28)26-17-11-10-15(2)22(14-17)34(30,31)27-19-8-6-7-9-21(19)32-4/h6-14,27H,5H2,1-4H3,(H,26,28). The molecule has 0 fully saturated rings. The molecule has 0 bridgehead atoms. The molecule has 0 aliphatic carbocycles. The van der Waals surface area contributed by atoms with Gasteiger partial charge in [-0.05, 0) is 62.7 Å². The lowest BCUT2D eigenvalue weighted by molar-refractivity contribution is 0.0524. The van der Waals surface area contributed by atoms with Crippen molar-refractivity contribution in [2.75, 3.05) is 23.8 Å². The van der Waals surface area contributed by atoms with Gasteiger partial charge >= 0.3 is 5.97 Å². The van der Waals surface area contributed by atoms with Crippen LogP contribution in [0.3, 0.4) is 0 Å².